The van der Waals surface area contributed by atoms with E-state index in [4.69, 9.17) is 21.4 Å². The highest BCUT2D eigenvalue weighted by Gasteiger charge is 2.17. The highest BCUT2D eigenvalue weighted by atomic mass is 35.5. The molecule has 1 aliphatic heterocycles. The number of rotatable bonds is 6. The van der Waals surface area contributed by atoms with Crippen molar-refractivity contribution in [1.82, 2.24) is 4.90 Å². The molecule has 84 valence electrons. The standard InChI is InChI=1S/C10H20ClNO2/c11-3-7-14-8-6-12-4-1-10(9-13)2-5-12/h10,13H,1-9H2. The van der Waals surface area contributed by atoms with Gasteiger partial charge in [-0.05, 0) is 31.8 Å². The maximum Gasteiger partial charge on any atom is 0.0602 e. The van der Waals surface area contributed by atoms with Crippen molar-refractivity contribution in [3.8, 4) is 0 Å². The van der Waals surface area contributed by atoms with Gasteiger partial charge < -0.3 is 14.7 Å². The smallest absolute Gasteiger partial charge is 0.0602 e. The molecule has 14 heavy (non-hydrogen) atoms. The van der Waals surface area contributed by atoms with E-state index in [1.807, 2.05) is 0 Å². The Morgan fingerprint density at radius 1 is 1.29 bits per heavy atom. The number of alkyl halides is 1. The number of ether oxygens (including phenoxy) is 1. The minimum Gasteiger partial charge on any atom is -0.396 e. The molecule has 1 saturated heterocycles. The largest absolute Gasteiger partial charge is 0.396 e. The average molecular weight is 222 g/mol. The second-order valence-electron chi connectivity index (χ2n) is 3.77. The maximum absolute atomic E-state index is 8.97. The molecule has 1 heterocycles. The van der Waals surface area contributed by atoms with Crippen LogP contribution in [0.1, 0.15) is 12.8 Å². The summed E-state index contributed by atoms with van der Waals surface area (Å²) in [5.74, 6) is 1.10. The molecular formula is C10H20ClNO2. The molecule has 0 aromatic heterocycles. The molecule has 0 aromatic carbocycles. The van der Waals surface area contributed by atoms with Gasteiger partial charge in [-0.25, -0.2) is 0 Å². The first-order chi connectivity index (χ1) is 6.86. The zero-order chi connectivity index (χ0) is 10.2. The summed E-state index contributed by atoms with van der Waals surface area (Å²) < 4.78 is 5.32. The lowest BCUT2D eigenvalue weighted by Gasteiger charge is -2.30. The second-order valence-corrected chi connectivity index (χ2v) is 4.15. The van der Waals surface area contributed by atoms with Gasteiger partial charge in [0.1, 0.15) is 0 Å². The lowest BCUT2D eigenvalue weighted by molar-refractivity contribution is 0.0847. The molecule has 1 N–H and O–H groups in total. The Morgan fingerprint density at radius 3 is 2.57 bits per heavy atom. The van der Waals surface area contributed by atoms with E-state index in [9.17, 15) is 0 Å². The quantitative estimate of drug-likeness (QED) is 0.536. The highest BCUT2D eigenvalue weighted by Crippen LogP contribution is 2.15. The Kier molecular flexibility index (Phi) is 6.52. The Labute approximate surface area is 91.0 Å². The van der Waals surface area contributed by atoms with Crippen LogP contribution in [0.15, 0.2) is 0 Å². The van der Waals surface area contributed by atoms with E-state index in [-0.39, 0.29) is 0 Å². The van der Waals surface area contributed by atoms with Crippen molar-refractivity contribution in [1.29, 1.82) is 0 Å². The van der Waals surface area contributed by atoms with E-state index in [1.54, 1.807) is 0 Å². The van der Waals surface area contributed by atoms with E-state index in [2.05, 4.69) is 4.90 Å². The van der Waals surface area contributed by atoms with Gasteiger partial charge in [-0.15, -0.1) is 11.6 Å². The molecule has 0 aromatic rings. The summed E-state index contributed by atoms with van der Waals surface area (Å²) in [7, 11) is 0. The van der Waals surface area contributed by atoms with Crippen LogP contribution >= 0.6 is 11.6 Å². The first kappa shape index (κ1) is 12.2. The molecule has 1 rings (SSSR count). The minimum atomic E-state index is 0.344. The molecule has 1 fully saturated rings. The maximum atomic E-state index is 8.97. The minimum absolute atomic E-state index is 0.344. The number of piperidine rings is 1. The molecule has 3 nitrogen and oxygen atoms in total. The number of aliphatic hydroxyl groups is 1. The first-order valence-corrected chi connectivity index (χ1v) is 5.87. The molecule has 0 aliphatic carbocycles. The monoisotopic (exact) mass is 221 g/mol. The normalized spacial score (nSPS) is 20.1. The van der Waals surface area contributed by atoms with Crippen molar-refractivity contribution in [2.24, 2.45) is 5.92 Å². The molecule has 0 spiro atoms. The summed E-state index contributed by atoms with van der Waals surface area (Å²) in [6.07, 6.45) is 2.23. The van der Waals surface area contributed by atoms with Crippen LogP contribution in [0.4, 0.5) is 0 Å². The van der Waals surface area contributed by atoms with Gasteiger partial charge in [0.15, 0.2) is 0 Å². The zero-order valence-electron chi connectivity index (χ0n) is 8.62. The summed E-state index contributed by atoms with van der Waals surface area (Å²) in [6.45, 7) is 4.95. The van der Waals surface area contributed by atoms with Gasteiger partial charge in [-0.2, -0.15) is 0 Å². The summed E-state index contributed by atoms with van der Waals surface area (Å²) in [6, 6.07) is 0. The Balaban J connectivity index is 1.98. The zero-order valence-corrected chi connectivity index (χ0v) is 9.38. The number of aliphatic hydroxyl groups excluding tert-OH is 1. The van der Waals surface area contributed by atoms with Crippen LogP contribution in [0.2, 0.25) is 0 Å². The van der Waals surface area contributed by atoms with Gasteiger partial charge in [-0.1, -0.05) is 0 Å². The Morgan fingerprint density at radius 2 is 2.00 bits per heavy atom. The molecule has 4 heteroatoms. The topological polar surface area (TPSA) is 32.7 Å². The molecular weight excluding hydrogens is 202 g/mol. The van der Waals surface area contributed by atoms with Crippen molar-refractivity contribution >= 4 is 11.6 Å². The number of hydrogen-bond acceptors (Lipinski definition) is 3. The third-order valence-electron chi connectivity index (χ3n) is 2.74. The van der Waals surface area contributed by atoms with Crippen LogP contribution in [0.25, 0.3) is 0 Å². The van der Waals surface area contributed by atoms with Crippen LogP contribution in [0, 0.1) is 5.92 Å². The van der Waals surface area contributed by atoms with Crippen molar-refractivity contribution < 1.29 is 9.84 Å². The van der Waals surface area contributed by atoms with Gasteiger partial charge in [0.25, 0.3) is 0 Å². The Bertz CT molecular complexity index is 138. The van der Waals surface area contributed by atoms with E-state index in [0.29, 0.717) is 25.0 Å². The van der Waals surface area contributed by atoms with Gasteiger partial charge in [0, 0.05) is 19.0 Å². The molecule has 0 saturated carbocycles. The first-order valence-electron chi connectivity index (χ1n) is 5.33. The number of nitrogens with zero attached hydrogens (tertiary/aromatic N) is 1. The Hall–Kier alpha value is 0.170. The molecule has 0 unspecified atom stereocenters. The third kappa shape index (κ3) is 4.60. The number of halogens is 1. The summed E-state index contributed by atoms with van der Waals surface area (Å²) >= 11 is 5.49. The van der Waals surface area contributed by atoms with Crippen LogP contribution in [0.3, 0.4) is 0 Å². The van der Waals surface area contributed by atoms with Crippen molar-refractivity contribution in [3.05, 3.63) is 0 Å². The van der Waals surface area contributed by atoms with Crippen LogP contribution in [-0.2, 0) is 4.74 Å². The summed E-state index contributed by atoms with van der Waals surface area (Å²) in [4.78, 5) is 2.39. The molecule has 1 aliphatic rings. The van der Waals surface area contributed by atoms with E-state index in [0.717, 1.165) is 39.1 Å². The van der Waals surface area contributed by atoms with Crippen LogP contribution in [0.5, 0.6) is 0 Å². The van der Waals surface area contributed by atoms with Gasteiger partial charge in [0.2, 0.25) is 0 Å². The van der Waals surface area contributed by atoms with Gasteiger partial charge in [-0.3, -0.25) is 0 Å². The highest BCUT2D eigenvalue weighted by molar-refractivity contribution is 6.17. The van der Waals surface area contributed by atoms with Crippen molar-refractivity contribution in [3.63, 3.8) is 0 Å². The molecule has 0 atom stereocenters. The number of likely N-dealkylation sites (tertiary alicyclic amines) is 1. The van der Waals surface area contributed by atoms with Crippen LogP contribution < -0.4 is 0 Å². The van der Waals surface area contributed by atoms with Crippen LogP contribution in [-0.4, -0.2) is 55.3 Å². The fourth-order valence-corrected chi connectivity index (χ4v) is 1.85. The summed E-state index contributed by atoms with van der Waals surface area (Å²) in [5, 5.41) is 8.97. The molecule has 0 radical (unpaired) electrons. The van der Waals surface area contributed by atoms with E-state index >= 15 is 0 Å². The van der Waals surface area contributed by atoms with E-state index < -0.39 is 0 Å². The lowest BCUT2D eigenvalue weighted by Crippen LogP contribution is -2.36. The average Bonchev–Trinajstić information content (AvgIpc) is 2.25. The predicted molar refractivity (Wildman–Crippen MR) is 57.8 cm³/mol. The second kappa shape index (κ2) is 7.46. The van der Waals surface area contributed by atoms with E-state index in [1.165, 1.54) is 0 Å². The summed E-state index contributed by atoms with van der Waals surface area (Å²) in [5.41, 5.74) is 0. The molecule has 0 amide bonds. The van der Waals surface area contributed by atoms with Crippen molar-refractivity contribution in [2.45, 2.75) is 12.8 Å². The fraction of sp³-hybridized carbons (Fsp3) is 1.00. The third-order valence-corrected chi connectivity index (χ3v) is 2.89. The van der Waals surface area contributed by atoms with Gasteiger partial charge >= 0.3 is 0 Å². The lowest BCUT2D eigenvalue weighted by atomic mass is 9.98. The number of hydrogen-bond donors (Lipinski definition) is 1. The molecule has 0 bridgehead atoms. The van der Waals surface area contributed by atoms with Gasteiger partial charge in [0.05, 0.1) is 13.2 Å². The SMILES string of the molecule is OCC1CCN(CCOCCCl)CC1. The fourth-order valence-electron chi connectivity index (χ4n) is 1.74. The van der Waals surface area contributed by atoms with Crippen molar-refractivity contribution in [2.75, 3.05) is 45.3 Å². The predicted octanol–water partition coefficient (Wildman–Crippen LogP) is 0.946.